The second-order valence-corrected chi connectivity index (χ2v) is 2.46. The van der Waals surface area contributed by atoms with E-state index in [1.807, 2.05) is 0 Å². The molecule has 70 valence electrons. The SMILES string of the molecule is O=C(O)Cc1ccccc1[N+](=O)[O-].[H-].[Na+]. The van der Waals surface area contributed by atoms with Crippen LogP contribution < -0.4 is 29.6 Å². The number of benzene rings is 1. The predicted molar refractivity (Wildman–Crippen MR) is 45.5 cm³/mol. The summed E-state index contributed by atoms with van der Waals surface area (Å²) in [4.78, 5) is 20.2. The third-order valence-corrected chi connectivity index (χ3v) is 1.53. The van der Waals surface area contributed by atoms with Gasteiger partial charge in [0.1, 0.15) is 0 Å². The maximum atomic E-state index is 10.4. The van der Waals surface area contributed by atoms with Crippen molar-refractivity contribution in [2.75, 3.05) is 0 Å². The number of nitrogens with zero attached hydrogens (tertiary/aromatic N) is 1. The molecule has 5 nitrogen and oxygen atoms in total. The summed E-state index contributed by atoms with van der Waals surface area (Å²) in [6.45, 7) is 0. The molecule has 0 heterocycles. The molecule has 0 amide bonds. The minimum Gasteiger partial charge on any atom is -1.00 e. The molecule has 6 heteroatoms. The van der Waals surface area contributed by atoms with Gasteiger partial charge in [0.2, 0.25) is 0 Å². The largest absolute Gasteiger partial charge is 1.00 e. The van der Waals surface area contributed by atoms with Crippen LogP contribution in [0.3, 0.4) is 0 Å². The van der Waals surface area contributed by atoms with Crippen molar-refractivity contribution in [1.82, 2.24) is 0 Å². The van der Waals surface area contributed by atoms with Gasteiger partial charge < -0.3 is 6.53 Å². The molecule has 0 aliphatic carbocycles. The standard InChI is InChI=1S/C8H7NO4.Na.H/c10-8(11)5-6-3-1-2-4-7(6)9(12)13;;/h1-4H,5H2,(H,10,11);;/q;+1;-1. The molecule has 0 aliphatic rings. The fraction of sp³-hybridized carbons (Fsp3) is 0.125. The molecule has 0 saturated carbocycles. The fourth-order valence-corrected chi connectivity index (χ4v) is 1.00. The molecule has 1 aromatic carbocycles. The van der Waals surface area contributed by atoms with E-state index < -0.39 is 10.9 Å². The van der Waals surface area contributed by atoms with Crippen LogP contribution in [0.2, 0.25) is 0 Å². The summed E-state index contributed by atoms with van der Waals surface area (Å²) in [6, 6.07) is 5.80. The molecule has 1 rings (SSSR count). The molecule has 0 aliphatic heterocycles. The van der Waals surface area contributed by atoms with Gasteiger partial charge in [-0.05, 0) is 0 Å². The van der Waals surface area contributed by atoms with Crippen molar-refractivity contribution >= 4 is 11.7 Å². The molecule has 0 saturated heterocycles. The topological polar surface area (TPSA) is 80.4 Å². The molecule has 0 radical (unpaired) electrons. The van der Waals surface area contributed by atoms with E-state index in [0.29, 0.717) is 0 Å². The number of rotatable bonds is 3. The molecule has 0 unspecified atom stereocenters. The summed E-state index contributed by atoms with van der Waals surface area (Å²) in [5, 5.41) is 18.9. The van der Waals surface area contributed by atoms with Crippen LogP contribution in [0.5, 0.6) is 0 Å². The summed E-state index contributed by atoms with van der Waals surface area (Å²) in [7, 11) is 0. The van der Waals surface area contributed by atoms with Crippen LogP contribution >= 0.6 is 0 Å². The second kappa shape index (κ2) is 5.74. The zero-order valence-electron chi connectivity index (χ0n) is 8.64. The Kier molecular flexibility index (Phi) is 5.37. The van der Waals surface area contributed by atoms with Crippen LogP contribution in [-0.2, 0) is 11.2 Å². The van der Waals surface area contributed by atoms with Gasteiger partial charge in [-0.15, -0.1) is 0 Å². The first-order chi connectivity index (χ1) is 6.11. The van der Waals surface area contributed by atoms with Gasteiger partial charge in [-0.25, -0.2) is 0 Å². The molecule has 14 heavy (non-hydrogen) atoms. The molecule has 0 atom stereocenters. The van der Waals surface area contributed by atoms with Gasteiger partial charge in [0.15, 0.2) is 0 Å². The molecule has 0 fully saturated rings. The van der Waals surface area contributed by atoms with Crippen molar-refractivity contribution in [3.63, 3.8) is 0 Å². The van der Waals surface area contributed by atoms with Gasteiger partial charge >= 0.3 is 35.5 Å². The van der Waals surface area contributed by atoms with Crippen molar-refractivity contribution in [3.05, 3.63) is 39.9 Å². The van der Waals surface area contributed by atoms with Crippen LogP contribution in [-0.4, -0.2) is 16.0 Å². The quantitative estimate of drug-likeness (QED) is 0.364. The zero-order chi connectivity index (χ0) is 9.84. The van der Waals surface area contributed by atoms with E-state index in [0.717, 1.165) is 0 Å². The third-order valence-electron chi connectivity index (χ3n) is 1.53. The van der Waals surface area contributed by atoms with Crippen LogP contribution in [0.1, 0.15) is 6.99 Å². The van der Waals surface area contributed by atoms with Gasteiger partial charge in [0, 0.05) is 11.6 Å². The van der Waals surface area contributed by atoms with Crippen molar-refractivity contribution in [3.8, 4) is 0 Å². The van der Waals surface area contributed by atoms with E-state index >= 15 is 0 Å². The van der Waals surface area contributed by atoms with E-state index in [1.165, 1.54) is 18.2 Å². The van der Waals surface area contributed by atoms with Crippen LogP contribution in [0.4, 0.5) is 5.69 Å². The average Bonchev–Trinajstić information content (AvgIpc) is 2.03. The van der Waals surface area contributed by atoms with Crippen molar-refractivity contribution in [2.45, 2.75) is 6.42 Å². The number of nitro benzene ring substituents is 1. The Balaban J connectivity index is 0. The van der Waals surface area contributed by atoms with E-state index in [1.54, 1.807) is 6.07 Å². The van der Waals surface area contributed by atoms with Crippen molar-refractivity contribution in [1.29, 1.82) is 0 Å². The third kappa shape index (κ3) is 3.45. The molecule has 1 aromatic rings. The second-order valence-electron chi connectivity index (χ2n) is 2.46. The Hall–Kier alpha value is -0.910. The van der Waals surface area contributed by atoms with Crippen molar-refractivity contribution in [2.24, 2.45) is 0 Å². The Morgan fingerprint density at radius 2 is 2.07 bits per heavy atom. The number of aliphatic carboxylic acids is 1. The number of carbonyl (C=O) groups is 1. The number of hydrogen-bond acceptors (Lipinski definition) is 3. The summed E-state index contributed by atoms with van der Waals surface area (Å²) in [6.07, 6.45) is -0.322. The Morgan fingerprint density at radius 1 is 1.50 bits per heavy atom. The van der Waals surface area contributed by atoms with E-state index in [2.05, 4.69) is 0 Å². The van der Waals surface area contributed by atoms with Crippen LogP contribution in [0, 0.1) is 10.1 Å². The molecular formula is C8H8NNaO4. The number of hydrogen-bond donors (Lipinski definition) is 1. The first-order valence-electron chi connectivity index (χ1n) is 3.55. The first-order valence-corrected chi connectivity index (χ1v) is 3.55. The zero-order valence-corrected chi connectivity index (χ0v) is 9.64. The van der Waals surface area contributed by atoms with Gasteiger partial charge in [-0.1, -0.05) is 18.2 Å². The van der Waals surface area contributed by atoms with Gasteiger partial charge in [-0.3, -0.25) is 14.9 Å². The van der Waals surface area contributed by atoms with Crippen LogP contribution in [0.15, 0.2) is 24.3 Å². The smallest absolute Gasteiger partial charge is 1.00 e. The predicted octanol–water partition coefficient (Wildman–Crippen LogP) is -1.66. The van der Waals surface area contributed by atoms with Crippen molar-refractivity contribution < 1.29 is 45.8 Å². The van der Waals surface area contributed by atoms with E-state index in [4.69, 9.17) is 5.11 Å². The van der Waals surface area contributed by atoms with Gasteiger partial charge in [0.25, 0.3) is 5.69 Å². The number of carboxylic acids is 1. The molecule has 0 bridgehead atoms. The summed E-state index contributed by atoms with van der Waals surface area (Å²) >= 11 is 0. The molecule has 0 aromatic heterocycles. The van der Waals surface area contributed by atoms with E-state index in [9.17, 15) is 14.9 Å². The maximum Gasteiger partial charge on any atom is 1.00 e. The summed E-state index contributed by atoms with van der Waals surface area (Å²) in [5.74, 6) is -1.07. The average molecular weight is 205 g/mol. The minimum absolute atomic E-state index is 0. The normalized spacial score (nSPS) is 8.86. The van der Waals surface area contributed by atoms with Crippen LogP contribution in [0.25, 0.3) is 0 Å². The van der Waals surface area contributed by atoms with E-state index in [-0.39, 0.29) is 48.7 Å². The summed E-state index contributed by atoms with van der Waals surface area (Å²) < 4.78 is 0. The Labute approximate surface area is 104 Å². The molecule has 0 spiro atoms. The Bertz CT molecular complexity index is 358. The maximum absolute atomic E-state index is 10.4. The number of para-hydroxylation sites is 1. The number of carboxylic acid groups (broad SMARTS) is 1. The van der Waals surface area contributed by atoms with Gasteiger partial charge in [-0.2, -0.15) is 0 Å². The monoisotopic (exact) mass is 205 g/mol. The first kappa shape index (κ1) is 13.1. The van der Waals surface area contributed by atoms with Gasteiger partial charge in [0.05, 0.1) is 11.3 Å². The molecule has 1 N–H and O–H groups in total. The minimum atomic E-state index is -1.07. The molecular weight excluding hydrogens is 197 g/mol. The fourth-order valence-electron chi connectivity index (χ4n) is 1.00. The summed E-state index contributed by atoms with van der Waals surface area (Å²) in [5.41, 5.74) is 0.0740. The Morgan fingerprint density at radius 3 is 2.57 bits per heavy atom. The number of nitro groups is 1.